The number of nitrogens with zero attached hydrogens (tertiary/aromatic N) is 1. The maximum atomic E-state index is 11.9. The summed E-state index contributed by atoms with van der Waals surface area (Å²) in [6.07, 6.45) is 1.64. The fourth-order valence-electron chi connectivity index (χ4n) is 1.72. The number of carbonyl (C=O) groups is 1. The smallest absolute Gasteiger partial charge is 0.252 e. The lowest BCUT2D eigenvalue weighted by molar-refractivity contribution is 0.0948. The molecule has 0 heterocycles. The molecular formula is C15H20N2O2. The Kier molecular flexibility index (Phi) is 5.53. The summed E-state index contributed by atoms with van der Waals surface area (Å²) < 4.78 is 0. The van der Waals surface area contributed by atoms with E-state index in [4.69, 9.17) is 10.4 Å². The molecule has 2 N–H and O–H groups in total. The Balaban J connectivity index is 2.47. The summed E-state index contributed by atoms with van der Waals surface area (Å²) in [6.45, 7) is 4.65. The third-order valence-electron chi connectivity index (χ3n) is 3.04. The number of aliphatic hydroxyl groups is 1. The van der Waals surface area contributed by atoms with Gasteiger partial charge in [0.05, 0.1) is 17.2 Å². The van der Waals surface area contributed by atoms with Crippen molar-refractivity contribution in [3.8, 4) is 6.07 Å². The topological polar surface area (TPSA) is 73.1 Å². The highest BCUT2D eigenvalue weighted by Crippen LogP contribution is 2.20. The van der Waals surface area contributed by atoms with Gasteiger partial charge in [-0.3, -0.25) is 4.79 Å². The van der Waals surface area contributed by atoms with E-state index in [2.05, 4.69) is 5.32 Å². The van der Waals surface area contributed by atoms with Gasteiger partial charge < -0.3 is 10.4 Å². The van der Waals surface area contributed by atoms with Crippen molar-refractivity contribution >= 4 is 5.91 Å². The zero-order valence-corrected chi connectivity index (χ0v) is 11.4. The van der Waals surface area contributed by atoms with Gasteiger partial charge in [-0.2, -0.15) is 5.26 Å². The molecule has 0 aromatic heterocycles. The minimum absolute atomic E-state index is 0.116. The largest absolute Gasteiger partial charge is 0.396 e. The van der Waals surface area contributed by atoms with Crippen molar-refractivity contribution in [2.24, 2.45) is 5.41 Å². The first kappa shape index (κ1) is 15.2. The van der Waals surface area contributed by atoms with Gasteiger partial charge in [0.25, 0.3) is 5.91 Å². The van der Waals surface area contributed by atoms with Crippen LogP contribution in [0.1, 0.15) is 42.6 Å². The summed E-state index contributed by atoms with van der Waals surface area (Å²) in [5, 5.41) is 20.8. The van der Waals surface area contributed by atoms with Crippen molar-refractivity contribution in [1.82, 2.24) is 5.32 Å². The SMILES string of the molecule is CC(C)(CO)CCCNC(=O)c1ccccc1C#N. The van der Waals surface area contributed by atoms with Gasteiger partial charge in [-0.25, -0.2) is 0 Å². The lowest BCUT2D eigenvalue weighted by atomic mass is 9.89. The second-order valence-electron chi connectivity index (χ2n) is 5.34. The Labute approximate surface area is 114 Å². The zero-order chi connectivity index (χ0) is 14.3. The van der Waals surface area contributed by atoms with Gasteiger partial charge in [0.1, 0.15) is 0 Å². The molecule has 4 heteroatoms. The summed E-state index contributed by atoms with van der Waals surface area (Å²) in [4.78, 5) is 11.9. The average Bonchev–Trinajstić information content (AvgIpc) is 2.43. The zero-order valence-electron chi connectivity index (χ0n) is 11.4. The first-order chi connectivity index (χ1) is 9.00. The van der Waals surface area contributed by atoms with Crippen LogP contribution < -0.4 is 5.32 Å². The molecule has 0 aliphatic carbocycles. The highest BCUT2D eigenvalue weighted by atomic mass is 16.3. The monoisotopic (exact) mass is 260 g/mol. The van der Waals surface area contributed by atoms with Crippen molar-refractivity contribution in [2.45, 2.75) is 26.7 Å². The van der Waals surface area contributed by atoms with Crippen LogP contribution in [-0.4, -0.2) is 24.2 Å². The van der Waals surface area contributed by atoms with Crippen LogP contribution in [0.25, 0.3) is 0 Å². The quantitative estimate of drug-likeness (QED) is 0.769. The second kappa shape index (κ2) is 6.91. The molecule has 1 aromatic carbocycles. The van der Waals surface area contributed by atoms with Gasteiger partial charge in [0, 0.05) is 13.2 Å². The maximum absolute atomic E-state index is 11.9. The minimum atomic E-state index is -0.223. The lowest BCUT2D eigenvalue weighted by Gasteiger charge is -2.21. The summed E-state index contributed by atoms with van der Waals surface area (Å²) in [7, 11) is 0. The Morgan fingerprint density at radius 3 is 2.74 bits per heavy atom. The molecule has 1 aromatic rings. The molecule has 0 atom stereocenters. The number of rotatable bonds is 6. The van der Waals surface area contributed by atoms with E-state index in [-0.39, 0.29) is 17.9 Å². The normalized spacial score (nSPS) is 10.8. The minimum Gasteiger partial charge on any atom is -0.396 e. The van der Waals surface area contributed by atoms with E-state index < -0.39 is 0 Å². The van der Waals surface area contributed by atoms with E-state index in [1.165, 1.54) is 0 Å². The van der Waals surface area contributed by atoms with Crippen molar-refractivity contribution in [3.63, 3.8) is 0 Å². The van der Waals surface area contributed by atoms with Gasteiger partial charge in [0.2, 0.25) is 0 Å². The molecule has 0 aliphatic heterocycles. The van der Waals surface area contributed by atoms with Gasteiger partial charge in [-0.1, -0.05) is 26.0 Å². The van der Waals surface area contributed by atoms with Crippen LogP contribution >= 0.6 is 0 Å². The number of nitriles is 1. The highest BCUT2D eigenvalue weighted by Gasteiger charge is 2.16. The van der Waals surface area contributed by atoms with Gasteiger partial charge in [-0.05, 0) is 30.4 Å². The summed E-state index contributed by atoms with van der Waals surface area (Å²) in [5.41, 5.74) is 0.678. The number of benzene rings is 1. The van der Waals surface area contributed by atoms with E-state index in [0.29, 0.717) is 17.7 Å². The summed E-state index contributed by atoms with van der Waals surface area (Å²) >= 11 is 0. The van der Waals surface area contributed by atoms with Crippen LogP contribution in [0.15, 0.2) is 24.3 Å². The Morgan fingerprint density at radius 1 is 1.42 bits per heavy atom. The molecule has 0 saturated carbocycles. The van der Waals surface area contributed by atoms with Crippen LogP contribution in [0, 0.1) is 16.7 Å². The van der Waals surface area contributed by atoms with Crippen LogP contribution in [0.4, 0.5) is 0 Å². The third-order valence-corrected chi connectivity index (χ3v) is 3.04. The van der Waals surface area contributed by atoms with Gasteiger partial charge >= 0.3 is 0 Å². The van der Waals surface area contributed by atoms with Crippen LogP contribution in [-0.2, 0) is 0 Å². The standard InChI is InChI=1S/C15H20N2O2/c1-15(2,11-18)8-5-9-17-14(19)13-7-4-3-6-12(13)10-16/h3-4,6-7,18H,5,8-9,11H2,1-2H3,(H,17,19). The van der Waals surface area contributed by atoms with Crippen LogP contribution in [0.2, 0.25) is 0 Å². The van der Waals surface area contributed by atoms with E-state index in [0.717, 1.165) is 12.8 Å². The predicted molar refractivity (Wildman–Crippen MR) is 73.6 cm³/mol. The molecule has 102 valence electrons. The molecular weight excluding hydrogens is 240 g/mol. The number of carbonyl (C=O) groups excluding carboxylic acids is 1. The second-order valence-corrected chi connectivity index (χ2v) is 5.34. The molecule has 19 heavy (non-hydrogen) atoms. The number of hydrogen-bond donors (Lipinski definition) is 2. The van der Waals surface area contributed by atoms with E-state index in [9.17, 15) is 4.79 Å². The number of amides is 1. The predicted octanol–water partition coefficient (Wildman–Crippen LogP) is 2.09. The average molecular weight is 260 g/mol. The van der Waals surface area contributed by atoms with Crippen LogP contribution in [0.3, 0.4) is 0 Å². The Morgan fingerprint density at radius 2 is 2.11 bits per heavy atom. The lowest BCUT2D eigenvalue weighted by Crippen LogP contribution is -2.27. The first-order valence-corrected chi connectivity index (χ1v) is 6.38. The fraction of sp³-hybridized carbons (Fsp3) is 0.467. The molecule has 0 spiro atoms. The number of aliphatic hydroxyl groups excluding tert-OH is 1. The number of nitrogens with one attached hydrogen (secondary N) is 1. The molecule has 0 unspecified atom stereocenters. The summed E-state index contributed by atoms with van der Waals surface area (Å²) in [6, 6.07) is 8.76. The molecule has 0 saturated heterocycles. The van der Waals surface area contributed by atoms with Crippen molar-refractivity contribution < 1.29 is 9.90 Å². The molecule has 0 fully saturated rings. The Hall–Kier alpha value is -1.86. The molecule has 0 aliphatic rings. The van der Waals surface area contributed by atoms with Crippen molar-refractivity contribution in [1.29, 1.82) is 5.26 Å². The van der Waals surface area contributed by atoms with Gasteiger partial charge in [-0.15, -0.1) is 0 Å². The van der Waals surface area contributed by atoms with E-state index >= 15 is 0 Å². The van der Waals surface area contributed by atoms with Crippen molar-refractivity contribution in [3.05, 3.63) is 35.4 Å². The molecule has 0 bridgehead atoms. The molecule has 0 radical (unpaired) electrons. The van der Waals surface area contributed by atoms with E-state index in [1.807, 2.05) is 19.9 Å². The molecule has 1 amide bonds. The van der Waals surface area contributed by atoms with Crippen LogP contribution in [0.5, 0.6) is 0 Å². The maximum Gasteiger partial charge on any atom is 0.252 e. The molecule has 1 rings (SSSR count). The summed E-state index contributed by atoms with van der Waals surface area (Å²) in [5.74, 6) is -0.223. The fourth-order valence-corrected chi connectivity index (χ4v) is 1.72. The number of hydrogen-bond acceptors (Lipinski definition) is 3. The molecule has 4 nitrogen and oxygen atoms in total. The van der Waals surface area contributed by atoms with Gasteiger partial charge in [0.15, 0.2) is 0 Å². The highest BCUT2D eigenvalue weighted by molar-refractivity contribution is 5.96. The first-order valence-electron chi connectivity index (χ1n) is 6.38. The third kappa shape index (κ3) is 4.72. The van der Waals surface area contributed by atoms with Crippen molar-refractivity contribution in [2.75, 3.05) is 13.2 Å². The van der Waals surface area contributed by atoms with E-state index in [1.54, 1.807) is 24.3 Å². The Bertz CT molecular complexity index is 475.